The molecule has 1 aromatic heterocycles. The number of aryl methyl sites for hydroxylation is 1. The fourth-order valence-electron chi connectivity index (χ4n) is 2.34. The molecular weight excluding hydrogens is 353 g/mol. The molecule has 25 heavy (non-hydrogen) atoms. The van der Waals surface area contributed by atoms with Crippen molar-refractivity contribution in [2.45, 2.75) is 38.0 Å². The summed E-state index contributed by atoms with van der Waals surface area (Å²) in [5.74, 6) is -1.22. The van der Waals surface area contributed by atoms with E-state index in [-0.39, 0.29) is 22.7 Å². The van der Waals surface area contributed by atoms with Gasteiger partial charge in [-0.1, -0.05) is 43.8 Å². The quantitative estimate of drug-likeness (QED) is 0.806. The molecule has 0 bridgehead atoms. The maximum absolute atomic E-state index is 12.7. The Hall–Kier alpha value is -2.03. The SMILES string of the molecule is Cc1cccc(C(C)C)c1NC(=O)CSc1nnc(C(F)(F)F)n1C. The number of hydrogen-bond donors (Lipinski definition) is 1. The van der Waals surface area contributed by atoms with Gasteiger partial charge in [-0.3, -0.25) is 4.79 Å². The van der Waals surface area contributed by atoms with Crippen LogP contribution in [0.3, 0.4) is 0 Å². The van der Waals surface area contributed by atoms with Crippen LogP contribution in [-0.2, 0) is 18.0 Å². The Bertz CT molecular complexity index is 771. The first-order chi connectivity index (χ1) is 11.6. The van der Waals surface area contributed by atoms with Crippen LogP contribution >= 0.6 is 11.8 Å². The molecule has 0 unspecified atom stereocenters. The van der Waals surface area contributed by atoms with E-state index >= 15 is 0 Å². The summed E-state index contributed by atoms with van der Waals surface area (Å²) in [6, 6.07) is 5.76. The number of alkyl halides is 3. The molecule has 0 saturated heterocycles. The molecule has 1 aromatic carbocycles. The fraction of sp³-hybridized carbons (Fsp3) is 0.438. The van der Waals surface area contributed by atoms with Gasteiger partial charge in [0, 0.05) is 12.7 Å². The second-order valence-electron chi connectivity index (χ2n) is 5.89. The molecule has 0 aliphatic carbocycles. The van der Waals surface area contributed by atoms with Crippen molar-refractivity contribution in [3.63, 3.8) is 0 Å². The van der Waals surface area contributed by atoms with Crippen molar-refractivity contribution in [3.8, 4) is 0 Å². The minimum absolute atomic E-state index is 0.0383. The number of para-hydroxylation sites is 1. The molecule has 1 N–H and O–H groups in total. The zero-order valence-corrected chi connectivity index (χ0v) is 15.1. The van der Waals surface area contributed by atoms with Crippen molar-refractivity contribution in [1.82, 2.24) is 14.8 Å². The molecule has 136 valence electrons. The highest BCUT2D eigenvalue weighted by Crippen LogP contribution is 2.30. The minimum Gasteiger partial charge on any atom is -0.325 e. The van der Waals surface area contributed by atoms with Crippen molar-refractivity contribution in [2.24, 2.45) is 7.05 Å². The third-order valence-corrected chi connectivity index (χ3v) is 4.63. The molecular formula is C16H19F3N4OS. The van der Waals surface area contributed by atoms with Crippen LogP contribution in [0.4, 0.5) is 18.9 Å². The zero-order valence-electron chi connectivity index (χ0n) is 14.3. The Morgan fingerprint density at radius 2 is 2.00 bits per heavy atom. The lowest BCUT2D eigenvalue weighted by atomic mass is 9.98. The molecule has 0 atom stereocenters. The number of thioether (sulfide) groups is 1. The number of nitrogens with one attached hydrogen (secondary N) is 1. The number of carbonyl (C=O) groups is 1. The van der Waals surface area contributed by atoms with Crippen LogP contribution in [0.1, 0.15) is 36.7 Å². The van der Waals surface area contributed by atoms with Gasteiger partial charge < -0.3 is 9.88 Å². The average molecular weight is 372 g/mol. The molecule has 5 nitrogen and oxygen atoms in total. The van der Waals surface area contributed by atoms with Gasteiger partial charge in [0.05, 0.1) is 5.75 Å². The zero-order chi connectivity index (χ0) is 18.8. The molecule has 1 amide bonds. The van der Waals surface area contributed by atoms with Gasteiger partial charge in [-0.2, -0.15) is 13.2 Å². The molecule has 0 radical (unpaired) electrons. The van der Waals surface area contributed by atoms with Crippen molar-refractivity contribution in [3.05, 3.63) is 35.2 Å². The highest BCUT2D eigenvalue weighted by atomic mass is 32.2. The first kappa shape index (κ1) is 19.3. The molecule has 0 saturated carbocycles. The third kappa shape index (κ3) is 4.53. The van der Waals surface area contributed by atoms with Crippen LogP contribution in [0.5, 0.6) is 0 Å². The van der Waals surface area contributed by atoms with Gasteiger partial charge in [0.1, 0.15) is 0 Å². The van der Waals surface area contributed by atoms with Gasteiger partial charge in [0.25, 0.3) is 0 Å². The molecule has 2 aromatic rings. The number of halogens is 3. The predicted molar refractivity (Wildman–Crippen MR) is 90.6 cm³/mol. The summed E-state index contributed by atoms with van der Waals surface area (Å²) < 4.78 is 38.9. The summed E-state index contributed by atoms with van der Waals surface area (Å²) in [4.78, 5) is 12.2. The fourth-order valence-corrected chi connectivity index (χ4v) is 3.05. The molecule has 1 heterocycles. The standard InChI is InChI=1S/C16H19F3N4OS/c1-9(2)11-7-5-6-10(3)13(11)20-12(24)8-25-15-22-21-14(23(15)4)16(17,18)19/h5-7,9H,8H2,1-4H3,(H,20,24). The van der Waals surface area contributed by atoms with Gasteiger partial charge in [-0.25, -0.2) is 0 Å². The Kier molecular flexibility index (Phi) is 5.76. The Labute approximate surface area is 148 Å². The van der Waals surface area contributed by atoms with Crippen molar-refractivity contribution < 1.29 is 18.0 Å². The number of benzene rings is 1. The normalized spacial score (nSPS) is 11.8. The number of amides is 1. The summed E-state index contributed by atoms with van der Waals surface area (Å²) in [7, 11) is 1.22. The van der Waals surface area contributed by atoms with E-state index in [1.54, 1.807) is 0 Å². The smallest absolute Gasteiger partial charge is 0.325 e. The molecule has 0 aliphatic heterocycles. The lowest BCUT2D eigenvalue weighted by Crippen LogP contribution is -2.17. The molecule has 2 rings (SSSR count). The summed E-state index contributed by atoms with van der Waals surface area (Å²) in [5, 5.41) is 9.52. The Balaban J connectivity index is 2.07. The van der Waals surface area contributed by atoms with Gasteiger partial charge in [-0.05, 0) is 24.0 Å². The van der Waals surface area contributed by atoms with Crippen molar-refractivity contribution in [1.29, 1.82) is 0 Å². The molecule has 9 heteroatoms. The van der Waals surface area contributed by atoms with Crippen LogP contribution in [0.25, 0.3) is 0 Å². The second kappa shape index (κ2) is 7.47. The van der Waals surface area contributed by atoms with Gasteiger partial charge in [0.2, 0.25) is 11.7 Å². The van der Waals surface area contributed by atoms with E-state index in [0.29, 0.717) is 0 Å². The highest BCUT2D eigenvalue weighted by molar-refractivity contribution is 7.99. The van der Waals surface area contributed by atoms with E-state index in [0.717, 1.165) is 33.1 Å². The van der Waals surface area contributed by atoms with E-state index in [9.17, 15) is 18.0 Å². The summed E-state index contributed by atoms with van der Waals surface area (Å²) >= 11 is 0.909. The minimum atomic E-state index is -4.57. The molecule has 0 fully saturated rings. The largest absolute Gasteiger partial charge is 0.451 e. The van der Waals surface area contributed by atoms with Gasteiger partial charge in [0.15, 0.2) is 5.16 Å². The lowest BCUT2D eigenvalue weighted by molar-refractivity contribution is -0.147. The van der Waals surface area contributed by atoms with Crippen molar-refractivity contribution in [2.75, 3.05) is 11.1 Å². The first-order valence-corrected chi connectivity index (χ1v) is 8.58. The Morgan fingerprint density at radius 1 is 1.32 bits per heavy atom. The van der Waals surface area contributed by atoms with Crippen LogP contribution in [0.2, 0.25) is 0 Å². The maximum atomic E-state index is 12.7. The predicted octanol–water partition coefficient (Wildman–Crippen LogP) is 4.00. The maximum Gasteiger partial charge on any atom is 0.451 e. The highest BCUT2D eigenvalue weighted by Gasteiger charge is 2.37. The van der Waals surface area contributed by atoms with E-state index in [1.165, 1.54) is 7.05 Å². The van der Waals surface area contributed by atoms with Crippen molar-refractivity contribution >= 4 is 23.4 Å². The summed E-state index contributed by atoms with van der Waals surface area (Å²) in [6.45, 7) is 5.95. The number of rotatable bonds is 5. The topological polar surface area (TPSA) is 59.8 Å². The van der Waals surface area contributed by atoms with Gasteiger partial charge >= 0.3 is 6.18 Å². The Morgan fingerprint density at radius 3 is 2.56 bits per heavy atom. The monoisotopic (exact) mass is 372 g/mol. The lowest BCUT2D eigenvalue weighted by Gasteiger charge is -2.16. The van der Waals surface area contributed by atoms with Crippen LogP contribution in [0, 0.1) is 6.92 Å². The van der Waals surface area contributed by atoms with E-state index in [4.69, 9.17) is 0 Å². The second-order valence-corrected chi connectivity index (χ2v) is 6.84. The van der Waals surface area contributed by atoms with Gasteiger partial charge in [-0.15, -0.1) is 10.2 Å². The van der Waals surface area contributed by atoms with E-state index < -0.39 is 12.0 Å². The number of anilines is 1. The number of aromatic nitrogens is 3. The van der Waals surface area contributed by atoms with Crippen LogP contribution < -0.4 is 5.32 Å². The number of nitrogens with zero attached hydrogens (tertiary/aromatic N) is 3. The van der Waals surface area contributed by atoms with E-state index in [1.807, 2.05) is 39.0 Å². The first-order valence-electron chi connectivity index (χ1n) is 7.60. The summed E-state index contributed by atoms with van der Waals surface area (Å²) in [6.07, 6.45) is -4.57. The van der Waals surface area contributed by atoms with Crippen LogP contribution in [0.15, 0.2) is 23.4 Å². The third-order valence-electron chi connectivity index (χ3n) is 3.61. The number of hydrogen-bond acceptors (Lipinski definition) is 4. The average Bonchev–Trinajstić information content (AvgIpc) is 2.88. The summed E-state index contributed by atoms with van der Waals surface area (Å²) in [5.41, 5.74) is 2.69. The molecule has 0 aliphatic rings. The van der Waals surface area contributed by atoms with Crippen LogP contribution in [-0.4, -0.2) is 26.4 Å². The molecule has 0 spiro atoms. The van der Waals surface area contributed by atoms with E-state index in [2.05, 4.69) is 15.5 Å². The number of carbonyl (C=O) groups excluding carboxylic acids is 1.